The number of hydrogen-bond acceptors (Lipinski definition) is 3. The quantitative estimate of drug-likeness (QED) is 0.930. The molecule has 1 aromatic carbocycles. The molecule has 0 radical (unpaired) electrons. The number of benzene rings is 1. The maximum atomic E-state index is 12.1. The van der Waals surface area contributed by atoms with Crippen molar-refractivity contribution in [2.45, 2.75) is 34.1 Å². The van der Waals surface area contributed by atoms with Crippen LogP contribution in [0.1, 0.15) is 26.7 Å². The number of aryl methyl sites for hydroxylation is 4. The summed E-state index contributed by atoms with van der Waals surface area (Å²) in [6.45, 7) is 7.92. The Hall–Kier alpha value is -1.68. The third-order valence-corrected chi connectivity index (χ3v) is 4.14. The van der Waals surface area contributed by atoms with E-state index in [-0.39, 0.29) is 5.91 Å². The van der Waals surface area contributed by atoms with Crippen molar-refractivity contribution in [3.63, 3.8) is 0 Å². The van der Waals surface area contributed by atoms with Gasteiger partial charge in [0, 0.05) is 10.6 Å². The van der Waals surface area contributed by atoms with E-state index in [9.17, 15) is 4.79 Å². The fourth-order valence-corrected chi connectivity index (χ4v) is 3.01. The zero-order chi connectivity index (χ0) is 14.0. The van der Waals surface area contributed by atoms with Crippen LogP contribution < -0.4 is 5.32 Å². The Labute approximate surface area is 117 Å². The van der Waals surface area contributed by atoms with Crippen LogP contribution in [0, 0.1) is 27.7 Å². The maximum Gasteiger partial charge on any atom is 0.229 e. The molecular weight excluding hydrogens is 256 g/mol. The van der Waals surface area contributed by atoms with Gasteiger partial charge >= 0.3 is 0 Å². The van der Waals surface area contributed by atoms with E-state index < -0.39 is 0 Å². The summed E-state index contributed by atoms with van der Waals surface area (Å²) in [5.41, 5.74) is 4.06. The lowest BCUT2D eigenvalue weighted by Crippen LogP contribution is -2.15. The third-order valence-electron chi connectivity index (χ3n) is 3.07. The third kappa shape index (κ3) is 3.20. The van der Waals surface area contributed by atoms with E-state index in [0.29, 0.717) is 6.42 Å². The maximum absolute atomic E-state index is 12.1. The highest BCUT2D eigenvalue weighted by molar-refractivity contribution is 7.11. The summed E-state index contributed by atoms with van der Waals surface area (Å²) >= 11 is 1.59. The van der Waals surface area contributed by atoms with Gasteiger partial charge in [0.1, 0.15) is 0 Å². The molecule has 0 bridgehead atoms. The minimum atomic E-state index is 0.0177. The number of aromatic nitrogens is 1. The number of thiazole rings is 1. The number of carbonyl (C=O) groups excluding carboxylic acids is 1. The zero-order valence-electron chi connectivity index (χ0n) is 11.7. The average molecular weight is 274 g/mol. The van der Waals surface area contributed by atoms with Crippen molar-refractivity contribution in [1.82, 2.24) is 4.98 Å². The van der Waals surface area contributed by atoms with Gasteiger partial charge in [-0.2, -0.15) is 0 Å². The predicted octanol–water partition coefficient (Wildman–Crippen LogP) is 3.56. The highest BCUT2D eigenvalue weighted by Gasteiger charge is 2.12. The molecule has 0 saturated carbocycles. The summed E-state index contributed by atoms with van der Waals surface area (Å²) in [6.07, 6.45) is 0.394. The normalized spacial score (nSPS) is 10.5. The van der Waals surface area contributed by atoms with Gasteiger partial charge in [-0.1, -0.05) is 18.2 Å². The van der Waals surface area contributed by atoms with Gasteiger partial charge in [0.25, 0.3) is 0 Å². The Bertz CT molecular complexity index is 596. The van der Waals surface area contributed by atoms with E-state index in [1.807, 2.05) is 45.9 Å². The number of amides is 1. The van der Waals surface area contributed by atoms with Gasteiger partial charge < -0.3 is 5.32 Å². The summed E-state index contributed by atoms with van der Waals surface area (Å²) in [7, 11) is 0. The van der Waals surface area contributed by atoms with Crippen LogP contribution in [0.5, 0.6) is 0 Å². The minimum Gasteiger partial charge on any atom is -0.325 e. The van der Waals surface area contributed by atoms with Crippen molar-refractivity contribution in [2.75, 3.05) is 5.32 Å². The van der Waals surface area contributed by atoms with Gasteiger partial charge in [-0.05, 0) is 38.8 Å². The number of hydrogen-bond donors (Lipinski definition) is 1. The molecule has 0 aliphatic heterocycles. The first kappa shape index (κ1) is 13.7. The first-order valence-electron chi connectivity index (χ1n) is 6.26. The van der Waals surface area contributed by atoms with Crippen molar-refractivity contribution >= 4 is 22.9 Å². The first-order chi connectivity index (χ1) is 8.97. The van der Waals surface area contributed by atoms with Crippen molar-refractivity contribution < 1.29 is 4.79 Å². The van der Waals surface area contributed by atoms with Crippen LogP contribution in [0.25, 0.3) is 0 Å². The smallest absolute Gasteiger partial charge is 0.229 e. The predicted molar refractivity (Wildman–Crippen MR) is 79.8 cm³/mol. The number of carbonyl (C=O) groups is 1. The molecule has 0 aliphatic carbocycles. The zero-order valence-corrected chi connectivity index (χ0v) is 12.5. The molecule has 0 spiro atoms. The standard InChI is InChI=1S/C15H18N2OS/c1-9-6-5-7-10(2)15(9)17-14(18)8-13-11(3)16-12(4)19-13/h5-7H,8H2,1-4H3,(H,17,18). The molecular formula is C15H18N2OS. The lowest BCUT2D eigenvalue weighted by atomic mass is 10.1. The van der Waals surface area contributed by atoms with Crippen LogP contribution in [0.15, 0.2) is 18.2 Å². The average Bonchev–Trinajstić information content (AvgIpc) is 2.63. The second kappa shape index (κ2) is 5.53. The topological polar surface area (TPSA) is 42.0 Å². The number of nitrogens with zero attached hydrogens (tertiary/aromatic N) is 1. The Kier molecular flexibility index (Phi) is 4.00. The molecule has 0 fully saturated rings. The molecule has 1 N–H and O–H groups in total. The van der Waals surface area contributed by atoms with E-state index >= 15 is 0 Å². The van der Waals surface area contributed by atoms with E-state index in [2.05, 4.69) is 10.3 Å². The van der Waals surface area contributed by atoms with Crippen LogP contribution in [0.4, 0.5) is 5.69 Å². The molecule has 4 heteroatoms. The van der Waals surface area contributed by atoms with Gasteiger partial charge in [0.2, 0.25) is 5.91 Å². The van der Waals surface area contributed by atoms with Crippen LogP contribution in [0.3, 0.4) is 0 Å². The largest absolute Gasteiger partial charge is 0.325 e. The molecule has 100 valence electrons. The monoisotopic (exact) mass is 274 g/mol. The van der Waals surface area contributed by atoms with Gasteiger partial charge in [0.15, 0.2) is 0 Å². The number of anilines is 1. The Morgan fingerprint density at radius 2 is 1.84 bits per heavy atom. The molecule has 1 heterocycles. The Balaban J connectivity index is 2.12. The van der Waals surface area contributed by atoms with E-state index in [1.54, 1.807) is 11.3 Å². The Morgan fingerprint density at radius 1 is 1.21 bits per heavy atom. The van der Waals surface area contributed by atoms with Gasteiger partial charge in [-0.3, -0.25) is 4.79 Å². The van der Waals surface area contributed by atoms with Crippen LogP contribution in [0.2, 0.25) is 0 Å². The van der Waals surface area contributed by atoms with Gasteiger partial charge in [-0.15, -0.1) is 11.3 Å². The van der Waals surface area contributed by atoms with Crippen molar-refractivity contribution in [3.8, 4) is 0 Å². The Morgan fingerprint density at radius 3 is 2.37 bits per heavy atom. The first-order valence-corrected chi connectivity index (χ1v) is 7.08. The summed E-state index contributed by atoms with van der Waals surface area (Å²) in [4.78, 5) is 17.5. The molecule has 0 saturated heterocycles. The molecule has 19 heavy (non-hydrogen) atoms. The number of nitrogens with one attached hydrogen (secondary N) is 1. The molecule has 1 aromatic heterocycles. The van der Waals surface area contributed by atoms with Gasteiger partial charge in [0.05, 0.1) is 17.1 Å². The summed E-state index contributed by atoms with van der Waals surface area (Å²) < 4.78 is 0. The second-order valence-electron chi connectivity index (χ2n) is 4.73. The lowest BCUT2D eigenvalue weighted by Gasteiger charge is -2.11. The SMILES string of the molecule is Cc1nc(C)c(CC(=O)Nc2c(C)cccc2C)s1. The second-order valence-corrected chi connectivity index (χ2v) is 6.02. The highest BCUT2D eigenvalue weighted by atomic mass is 32.1. The molecule has 0 aliphatic rings. The van der Waals surface area contributed by atoms with Gasteiger partial charge in [-0.25, -0.2) is 4.98 Å². The molecule has 0 unspecified atom stereocenters. The van der Waals surface area contributed by atoms with Crippen molar-refractivity contribution in [3.05, 3.63) is 44.9 Å². The minimum absolute atomic E-state index is 0.0177. The fraction of sp³-hybridized carbons (Fsp3) is 0.333. The number of rotatable bonds is 3. The summed E-state index contributed by atoms with van der Waals surface area (Å²) in [5, 5.41) is 4.01. The molecule has 2 aromatic rings. The van der Waals surface area contributed by atoms with E-state index in [4.69, 9.17) is 0 Å². The fourth-order valence-electron chi connectivity index (χ4n) is 2.08. The van der Waals surface area contributed by atoms with Crippen LogP contribution >= 0.6 is 11.3 Å². The van der Waals surface area contributed by atoms with E-state index in [1.165, 1.54) is 0 Å². The number of para-hydroxylation sites is 1. The van der Waals surface area contributed by atoms with Crippen LogP contribution in [-0.4, -0.2) is 10.9 Å². The van der Waals surface area contributed by atoms with Crippen molar-refractivity contribution in [2.24, 2.45) is 0 Å². The molecule has 3 nitrogen and oxygen atoms in total. The molecule has 2 rings (SSSR count). The summed E-state index contributed by atoms with van der Waals surface area (Å²) in [6, 6.07) is 6.01. The van der Waals surface area contributed by atoms with Crippen molar-refractivity contribution in [1.29, 1.82) is 0 Å². The molecule has 0 atom stereocenters. The lowest BCUT2D eigenvalue weighted by molar-refractivity contribution is -0.115. The highest BCUT2D eigenvalue weighted by Crippen LogP contribution is 2.21. The molecule has 1 amide bonds. The van der Waals surface area contributed by atoms with Crippen LogP contribution in [-0.2, 0) is 11.2 Å². The van der Waals surface area contributed by atoms with E-state index in [0.717, 1.165) is 32.4 Å². The summed E-state index contributed by atoms with van der Waals surface area (Å²) in [5.74, 6) is 0.0177.